The van der Waals surface area contributed by atoms with Crippen molar-refractivity contribution in [1.82, 2.24) is 15.5 Å². The summed E-state index contributed by atoms with van der Waals surface area (Å²) >= 11 is 5.73. The van der Waals surface area contributed by atoms with Crippen molar-refractivity contribution in [1.29, 1.82) is 0 Å². The molecule has 0 unspecified atom stereocenters. The Hall–Kier alpha value is -1.73. The SMILES string of the molecule is CCNCc1nnc(Nc2c(F)cc(F)cc2Cl)o1. The number of nitrogens with one attached hydrogen (secondary N) is 2. The Morgan fingerprint density at radius 1 is 1.32 bits per heavy atom. The van der Waals surface area contributed by atoms with Gasteiger partial charge >= 0.3 is 6.01 Å². The van der Waals surface area contributed by atoms with E-state index in [0.717, 1.165) is 12.6 Å². The van der Waals surface area contributed by atoms with Crippen LogP contribution in [0.25, 0.3) is 0 Å². The predicted molar refractivity (Wildman–Crippen MR) is 66.3 cm³/mol. The molecule has 2 aromatic rings. The molecule has 0 aliphatic carbocycles. The van der Waals surface area contributed by atoms with Crippen LogP contribution in [0.4, 0.5) is 20.5 Å². The molecule has 8 heteroatoms. The second-order valence-corrected chi connectivity index (χ2v) is 4.06. The van der Waals surface area contributed by atoms with Crippen molar-refractivity contribution in [2.24, 2.45) is 0 Å². The molecule has 0 saturated carbocycles. The Morgan fingerprint density at radius 3 is 2.79 bits per heavy atom. The van der Waals surface area contributed by atoms with Crippen molar-refractivity contribution in [3.05, 3.63) is 34.7 Å². The average Bonchev–Trinajstić information content (AvgIpc) is 2.79. The van der Waals surface area contributed by atoms with Crippen LogP contribution in [0.3, 0.4) is 0 Å². The van der Waals surface area contributed by atoms with Crippen LogP contribution in [-0.2, 0) is 6.54 Å². The molecule has 1 aromatic carbocycles. The van der Waals surface area contributed by atoms with E-state index >= 15 is 0 Å². The molecule has 19 heavy (non-hydrogen) atoms. The number of benzene rings is 1. The zero-order valence-corrected chi connectivity index (χ0v) is 10.8. The van der Waals surface area contributed by atoms with Crippen molar-refractivity contribution in [3.63, 3.8) is 0 Å². The minimum absolute atomic E-state index is 0.0136. The molecule has 0 radical (unpaired) electrons. The molecule has 0 aliphatic heterocycles. The average molecular weight is 289 g/mol. The summed E-state index contributed by atoms with van der Waals surface area (Å²) in [5, 5.41) is 12.8. The molecule has 102 valence electrons. The van der Waals surface area contributed by atoms with Gasteiger partial charge in [0, 0.05) is 6.07 Å². The quantitative estimate of drug-likeness (QED) is 0.886. The first-order valence-corrected chi connectivity index (χ1v) is 5.92. The van der Waals surface area contributed by atoms with Gasteiger partial charge in [-0.15, -0.1) is 5.10 Å². The third-order valence-electron chi connectivity index (χ3n) is 2.23. The zero-order chi connectivity index (χ0) is 13.8. The topological polar surface area (TPSA) is 63.0 Å². The predicted octanol–water partition coefficient (Wildman–Crippen LogP) is 2.85. The summed E-state index contributed by atoms with van der Waals surface area (Å²) in [4.78, 5) is 0. The molecule has 2 N–H and O–H groups in total. The maximum atomic E-state index is 13.5. The highest BCUT2D eigenvalue weighted by Gasteiger charge is 2.13. The Bertz CT molecular complexity index is 553. The lowest BCUT2D eigenvalue weighted by Gasteiger charge is -2.05. The van der Waals surface area contributed by atoms with Gasteiger partial charge in [0.2, 0.25) is 5.89 Å². The highest BCUT2D eigenvalue weighted by Crippen LogP contribution is 2.28. The Morgan fingerprint density at radius 2 is 2.11 bits per heavy atom. The van der Waals surface area contributed by atoms with Gasteiger partial charge in [0.15, 0.2) is 5.82 Å². The van der Waals surface area contributed by atoms with Gasteiger partial charge in [-0.3, -0.25) is 0 Å². The van der Waals surface area contributed by atoms with Gasteiger partial charge in [0.25, 0.3) is 0 Å². The number of anilines is 2. The first-order valence-electron chi connectivity index (χ1n) is 5.54. The third kappa shape index (κ3) is 3.39. The van der Waals surface area contributed by atoms with Gasteiger partial charge in [0.05, 0.1) is 17.3 Å². The fraction of sp³-hybridized carbons (Fsp3) is 0.273. The molecule has 0 fully saturated rings. The van der Waals surface area contributed by atoms with Crippen LogP contribution >= 0.6 is 11.6 Å². The van der Waals surface area contributed by atoms with Crippen LogP contribution in [0.1, 0.15) is 12.8 Å². The number of rotatable bonds is 5. The number of halogens is 3. The number of aromatic nitrogens is 2. The second-order valence-electron chi connectivity index (χ2n) is 3.65. The highest BCUT2D eigenvalue weighted by molar-refractivity contribution is 6.33. The van der Waals surface area contributed by atoms with Gasteiger partial charge in [0.1, 0.15) is 5.82 Å². The summed E-state index contributed by atoms with van der Waals surface area (Å²) in [5.41, 5.74) is -0.110. The highest BCUT2D eigenvalue weighted by atomic mass is 35.5. The molecule has 0 saturated heterocycles. The van der Waals surface area contributed by atoms with Crippen LogP contribution < -0.4 is 10.6 Å². The van der Waals surface area contributed by atoms with Gasteiger partial charge in [-0.1, -0.05) is 23.6 Å². The lowest BCUT2D eigenvalue weighted by molar-refractivity contribution is 0.483. The third-order valence-corrected chi connectivity index (χ3v) is 2.53. The van der Waals surface area contributed by atoms with E-state index in [1.165, 1.54) is 0 Å². The van der Waals surface area contributed by atoms with E-state index in [-0.39, 0.29) is 16.7 Å². The van der Waals surface area contributed by atoms with Gasteiger partial charge < -0.3 is 15.1 Å². The van der Waals surface area contributed by atoms with E-state index in [2.05, 4.69) is 20.8 Å². The minimum Gasteiger partial charge on any atom is -0.406 e. The first kappa shape index (κ1) is 13.7. The Balaban J connectivity index is 2.15. The second kappa shape index (κ2) is 5.94. The standard InChI is InChI=1S/C11H11ClF2N4O/c1-2-15-5-9-17-18-11(19-9)16-10-7(12)3-6(13)4-8(10)14/h3-4,15H,2,5H2,1H3,(H,16,18). The summed E-state index contributed by atoms with van der Waals surface area (Å²) in [7, 11) is 0. The summed E-state index contributed by atoms with van der Waals surface area (Å²) in [6.45, 7) is 3.09. The van der Waals surface area contributed by atoms with E-state index in [0.29, 0.717) is 18.5 Å². The van der Waals surface area contributed by atoms with E-state index in [4.69, 9.17) is 16.0 Å². The van der Waals surface area contributed by atoms with Crippen molar-refractivity contribution < 1.29 is 13.2 Å². The van der Waals surface area contributed by atoms with Crippen LogP contribution in [0, 0.1) is 11.6 Å². The molecular formula is C11H11ClF2N4O. The largest absolute Gasteiger partial charge is 0.406 e. The van der Waals surface area contributed by atoms with Gasteiger partial charge in [-0.05, 0) is 12.6 Å². The Kier molecular flexibility index (Phi) is 4.28. The normalized spacial score (nSPS) is 10.7. The summed E-state index contributed by atoms with van der Waals surface area (Å²) in [6, 6.07) is 1.69. The fourth-order valence-corrected chi connectivity index (χ4v) is 1.62. The lowest BCUT2D eigenvalue weighted by Crippen LogP contribution is -2.11. The van der Waals surface area contributed by atoms with Crippen LogP contribution in [-0.4, -0.2) is 16.7 Å². The van der Waals surface area contributed by atoms with Crippen molar-refractivity contribution in [3.8, 4) is 0 Å². The Labute approximate surface area is 113 Å². The molecule has 0 bridgehead atoms. The lowest BCUT2D eigenvalue weighted by atomic mass is 10.3. The molecule has 1 aromatic heterocycles. The first-order chi connectivity index (χ1) is 9.10. The molecular weight excluding hydrogens is 278 g/mol. The smallest absolute Gasteiger partial charge is 0.320 e. The van der Waals surface area contributed by atoms with Crippen molar-refractivity contribution in [2.45, 2.75) is 13.5 Å². The number of hydrogen-bond donors (Lipinski definition) is 2. The monoisotopic (exact) mass is 288 g/mol. The van der Waals surface area contributed by atoms with Gasteiger partial charge in [-0.2, -0.15) is 0 Å². The number of hydrogen-bond acceptors (Lipinski definition) is 5. The van der Waals surface area contributed by atoms with Crippen LogP contribution in [0.15, 0.2) is 16.5 Å². The summed E-state index contributed by atoms with van der Waals surface area (Å²) in [5.74, 6) is -1.24. The maximum Gasteiger partial charge on any atom is 0.320 e. The molecule has 5 nitrogen and oxygen atoms in total. The van der Waals surface area contributed by atoms with E-state index in [9.17, 15) is 8.78 Å². The number of nitrogens with zero attached hydrogens (tertiary/aromatic N) is 2. The van der Waals surface area contributed by atoms with E-state index in [1.807, 2.05) is 6.92 Å². The zero-order valence-electron chi connectivity index (χ0n) is 10.0. The summed E-state index contributed by atoms with van der Waals surface area (Å²) < 4.78 is 31.6. The van der Waals surface area contributed by atoms with Crippen LogP contribution in [0.2, 0.25) is 5.02 Å². The summed E-state index contributed by atoms with van der Waals surface area (Å²) in [6.07, 6.45) is 0. The maximum absolute atomic E-state index is 13.5. The molecule has 0 spiro atoms. The molecule has 0 aliphatic rings. The van der Waals surface area contributed by atoms with E-state index in [1.54, 1.807) is 0 Å². The fourth-order valence-electron chi connectivity index (χ4n) is 1.38. The van der Waals surface area contributed by atoms with Gasteiger partial charge in [-0.25, -0.2) is 8.78 Å². The van der Waals surface area contributed by atoms with Crippen LogP contribution in [0.5, 0.6) is 0 Å². The van der Waals surface area contributed by atoms with Crippen molar-refractivity contribution in [2.75, 3.05) is 11.9 Å². The molecule has 1 heterocycles. The molecule has 0 atom stereocenters. The molecule has 2 rings (SSSR count). The minimum atomic E-state index is -0.837. The van der Waals surface area contributed by atoms with Crippen molar-refractivity contribution >= 4 is 23.3 Å². The molecule has 0 amide bonds. The van der Waals surface area contributed by atoms with E-state index < -0.39 is 11.6 Å².